The Morgan fingerprint density at radius 3 is 2.52 bits per heavy atom. The van der Waals surface area contributed by atoms with Crippen LogP contribution < -0.4 is 10.1 Å². The third kappa shape index (κ3) is 3.42. The number of anilines is 1. The number of ether oxygens (including phenoxy) is 1. The Labute approximate surface area is 140 Å². The van der Waals surface area contributed by atoms with E-state index in [2.05, 4.69) is 10.1 Å². The number of rotatable bonds is 6. The van der Waals surface area contributed by atoms with Gasteiger partial charge in [-0.3, -0.25) is 19.3 Å². The highest BCUT2D eigenvalue weighted by molar-refractivity contribution is 6.45. The van der Waals surface area contributed by atoms with E-state index in [0.29, 0.717) is 17.7 Å². The van der Waals surface area contributed by atoms with E-state index < -0.39 is 36.9 Å². The Morgan fingerprint density at radius 1 is 1.20 bits per heavy atom. The van der Waals surface area contributed by atoms with Crippen molar-refractivity contribution in [3.05, 3.63) is 24.3 Å². The van der Waals surface area contributed by atoms with Crippen LogP contribution in [-0.4, -0.2) is 52.8 Å². The van der Waals surface area contributed by atoms with E-state index in [4.69, 9.17) is 0 Å². The van der Waals surface area contributed by atoms with E-state index in [1.807, 2.05) is 0 Å². The van der Waals surface area contributed by atoms with Crippen molar-refractivity contribution < 1.29 is 32.7 Å². The second-order valence-electron chi connectivity index (χ2n) is 5.50. The fourth-order valence-electron chi connectivity index (χ4n) is 2.42. The van der Waals surface area contributed by atoms with Crippen molar-refractivity contribution in [1.29, 1.82) is 0 Å². The van der Waals surface area contributed by atoms with Crippen molar-refractivity contribution in [1.82, 2.24) is 9.80 Å². The number of halogens is 2. The summed E-state index contributed by atoms with van der Waals surface area (Å²) >= 11 is 0. The van der Waals surface area contributed by atoms with Crippen LogP contribution in [0.5, 0.6) is 5.75 Å². The van der Waals surface area contributed by atoms with Gasteiger partial charge in [0.25, 0.3) is 0 Å². The van der Waals surface area contributed by atoms with Gasteiger partial charge in [-0.1, -0.05) is 12.1 Å². The zero-order valence-corrected chi connectivity index (χ0v) is 12.8. The standard InChI is InChI=1S/C15H13F2N3O5/c16-14(17)25-10-4-2-1-3-9(10)18-11(21)7-19-12(22)13(23)20(15(19)24)8-5-6-8/h1-4,8,14H,5-7H2,(H,18,21). The molecule has 132 valence electrons. The second-order valence-corrected chi connectivity index (χ2v) is 5.50. The van der Waals surface area contributed by atoms with Crippen molar-refractivity contribution in [2.45, 2.75) is 25.5 Å². The number of hydrogen-bond donors (Lipinski definition) is 1. The molecule has 0 bridgehead atoms. The van der Waals surface area contributed by atoms with Crippen LogP contribution in [0.4, 0.5) is 19.3 Å². The summed E-state index contributed by atoms with van der Waals surface area (Å²) in [6, 6.07) is 4.34. The zero-order chi connectivity index (χ0) is 18.1. The summed E-state index contributed by atoms with van der Waals surface area (Å²) in [4.78, 5) is 49.2. The molecule has 25 heavy (non-hydrogen) atoms. The van der Waals surface area contributed by atoms with E-state index in [0.717, 1.165) is 4.90 Å². The van der Waals surface area contributed by atoms with Gasteiger partial charge >= 0.3 is 24.5 Å². The number of carbonyl (C=O) groups is 4. The predicted octanol–water partition coefficient (Wildman–Crippen LogP) is 1.18. The third-order valence-corrected chi connectivity index (χ3v) is 3.67. The number of benzene rings is 1. The maximum Gasteiger partial charge on any atom is 0.387 e. The Hall–Kier alpha value is -3.04. The molecule has 1 N–H and O–H groups in total. The van der Waals surface area contributed by atoms with Crippen molar-refractivity contribution in [2.75, 3.05) is 11.9 Å². The van der Waals surface area contributed by atoms with Gasteiger partial charge in [0.1, 0.15) is 12.3 Å². The van der Waals surface area contributed by atoms with Gasteiger partial charge in [0.15, 0.2) is 0 Å². The number of para-hydroxylation sites is 2. The van der Waals surface area contributed by atoms with Crippen LogP contribution in [0, 0.1) is 0 Å². The van der Waals surface area contributed by atoms with E-state index in [1.165, 1.54) is 24.3 Å². The van der Waals surface area contributed by atoms with E-state index in [-0.39, 0.29) is 17.5 Å². The molecule has 1 aromatic carbocycles. The van der Waals surface area contributed by atoms with Crippen LogP contribution in [0.25, 0.3) is 0 Å². The molecule has 0 spiro atoms. The maximum atomic E-state index is 12.4. The van der Waals surface area contributed by atoms with Crippen LogP contribution in [-0.2, 0) is 14.4 Å². The lowest BCUT2D eigenvalue weighted by Crippen LogP contribution is -2.39. The van der Waals surface area contributed by atoms with Crippen molar-refractivity contribution in [3.63, 3.8) is 0 Å². The number of nitrogens with zero attached hydrogens (tertiary/aromatic N) is 2. The monoisotopic (exact) mass is 353 g/mol. The molecule has 2 fully saturated rings. The fraction of sp³-hybridized carbons (Fsp3) is 0.333. The van der Waals surface area contributed by atoms with Gasteiger partial charge < -0.3 is 10.1 Å². The van der Waals surface area contributed by atoms with Crippen LogP contribution in [0.15, 0.2) is 24.3 Å². The molecule has 1 aromatic rings. The molecular weight excluding hydrogens is 340 g/mol. The molecule has 5 amide bonds. The van der Waals surface area contributed by atoms with Crippen molar-refractivity contribution in [2.24, 2.45) is 0 Å². The Bertz CT molecular complexity index is 750. The largest absolute Gasteiger partial charge is 0.433 e. The topological polar surface area (TPSA) is 96.0 Å². The minimum Gasteiger partial charge on any atom is -0.433 e. The molecule has 2 aliphatic rings. The van der Waals surface area contributed by atoms with Gasteiger partial charge in [0.05, 0.1) is 5.69 Å². The molecular formula is C15H13F2N3O5. The average molecular weight is 353 g/mol. The number of alkyl halides is 2. The van der Waals surface area contributed by atoms with Gasteiger partial charge in [-0.15, -0.1) is 0 Å². The van der Waals surface area contributed by atoms with Crippen molar-refractivity contribution >= 4 is 29.4 Å². The summed E-state index contributed by atoms with van der Waals surface area (Å²) < 4.78 is 29.0. The summed E-state index contributed by atoms with van der Waals surface area (Å²) in [6.45, 7) is -3.78. The molecule has 10 heteroatoms. The lowest BCUT2D eigenvalue weighted by Gasteiger charge is -2.16. The number of urea groups is 1. The molecule has 0 atom stereocenters. The first-order valence-corrected chi connectivity index (χ1v) is 7.41. The summed E-state index contributed by atoms with van der Waals surface area (Å²) in [5.41, 5.74) is -0.0442. The highest BCUT2D eigenvalue weighted by Crippen LogP contribution is 2.31. The summed E-state index contributed by atoms with van der Waals surface area (Å²) in [5.74, 6) is -3.12. The van der Waals surface area contributed by atoms with E-state index in [1.54, 1.807) is 0 Å². The van der Waals surface area contributed by atoms with Gasteiger partial charge in [0.2, 0.25) is 5.91 Å². The van der Waals surface area contributed by atoms with Gasteiger partial charge in [-0.05, 0) is 25.0 Å². The van der Waals surface area contributed by atoms with Crippen LogP contribution in [0.3, 0.4) is 0 Å². The molecule has 0 unspecified atom stereocenters. The number of nitrogens with one attached hydrogen (secondary N) is 1. The molecule has 3 rings (SSSR count). The Morgan fingerprint density at radius 2 is 1.88 bits per heavy atom. The number of carbonyl (C=O) groups excluding carboxylic acids is 4. The number of amides is 5. The molecule has 0 radical (unpaired) electrons. The minimum atomic E-state index is -3.08. The highest BCUT2D eigenvalue weighted by atomic mass is 19.3. The first-order valence-electron chi connectivity index (χ1n) is 7.41. The lowest BCUT2D eigenvalue weighted by atomic mass is 10.3. The van der Waals surface area contributed by atoms with E-state index >= 15 is 0 Å². The molecule has 8 nitrogen and oxygen atoms in total. The SMILES string of the molecule is O=C(CN1C(=O)C(=O)N(C2CC2)C1=O)Nc1ccccc1OC(F)F. The summed E-state index contributed by atoms with van der Waals surface area (Å²) in [5, 5.41) is 2.29. The highest BCUT2D eigenvalue weighted by Gasteiger charge is 2.51. The number of imide groups is 2. The first-order chi connectivity index (χ1) is 11.9. The molecule has 1 aliphatic carbocycles. The normalized spacial score (nSPS) is 17.5. The third-order valence-electron chi connectivity index (χ3n) is 3.67. The lowest BCUT2D eigenvalue weighted by molar-refractivity contribution is -0.143. The van der Waals surface area contributed by atoms with Crippen LogP contribution in [0.1, 0.15) is 12.8 Å². The molecule has 0 aromatic heterocycles. The molecule has 1 saturated carbocycles. The minimum absolute atomic E-state index is 0.0442. The first kappa shape index (κ1) is 16.8. The summed E-state index contributed by atoms with van der Waals surface area (Å²) in [7, 11) is 0. The molecule has 1 saturated heterocycles. The van der Waals surface area contributed by atoms with Crippen LogP contribution >= 0.6 is 0 Å². The maximum absolute atomic E-state index is 12.4. The van der Waals surface area contributed by atoms with Gasteiger partial charge in [-0.25, -0.2) is 9.69 Å². The molecule has 1 heterocycles. The smallest absolute Gasteiger partial charge is 0.387 e. The quantitative estimate of drug-likeness (QED) is 0.612. The zero-order valence-electron chi connectivity index (χ0n) is 12.8. The molecule has 1 aliphatic heterocycles. The Balaban J connectivity index is 1.68. The van der Waals surface area contributed by atoms with Gasteiger partial charge in [-0.2, -0.15) is 8.78 Å². The predicted molar refractivity (Wildman–Crippen MR) is 78.7 cm³/mol. The van der Waals surface area contributed by atoms with Crippen LogP contribution in [0.2, 0.25) is 0 Å². The fourth-order valence-corrected chi connectivity index (χ4v) is 2.42. The van der Waals surface area contributed by atoms with E-state index in [9.17, 15) is 28.0 Å². The Kier molecular flexibility index (Phi) is 4.34. The van der Waals surface area contributed by atoms with Gasteiger partial charge in [0, 0.05) is 6.04 Å². The van der Waals surface area contributed by atoms with Crippen molar-refractivity contribution in [3.8, 4) is 5.75 Å². The number of hydrogen-bond acceptors (Lipinski definition) is 5. The summed E-state index contributed by atoms with van der Waals surface area (Å²) in [6.07, 6.45) is 1.26. The average Bonchev–Trinajstić information content (AvgIpc) is 3.35. The second kappa shape index (κ2) is 6.46.